The molecule has 0 unspecified atom stereocenters. The summed E-state index contributed by atoms with van der Waals surface area (Å²) >= 11 is 0. The van der Waals surface area contributed by atoms with Gasteiger partial charge in [-0.25, -0.2) is 0 Å². The fraction of sp³-hybridized carbons (Fsp3) is 0.300. The number of azide groups is 1. The third kappa shape index (κ3) is 3.70. The molecule has 0 aliphatic rings. The van der Waals surface area contributed by atoms with Gasteiger partial charge in [-0.1, -0.05) is 35.4 Å². The van der Waals surface area contributed by atoms with Crippen LogP contribution in [0.15, 0.2) is 35.4 Å². The Morgan fingerprint density at radius 2 is 2.13 bits per heavy atom. The molecule has 78 valence electrons. The molecular weight excluding hydrogens is 194 g/mol. The summed E-state index contributed by atoms with van der Waals surface area (Å²) in [5.41, 5.74) is 9.22. The number of hydrogen-bond donors (Lipinski definition) is 1. The van der Waals surface area contributed by atoms with Crippen molar-refractivity contribution < 1.29 is 9.90 Å². The summed E-state index contributed by atoms with van der Waals surface area (Å²) in [6.07, 6.45) is 0.917. The van der Waals surface area contributed by atoms with Crippen LogP contribution in [0.1, 0.15) is 12.0 Å². The number of aryl methyl sites for hydroxylation is 1. The minimum Gasteiger partial charge on any atom is -0.481 e. The summed E-state index contributed by atoms with van der Waals surface area (Å²) in [4.78, 5) is 13.2. The van der Waals surface area contributed by atoms with Crippen LogP contribution in [0.2, 0.25) is 0 Å². The summed E-state index contributed by atoms with van der Waals surface area (Å²) < 4.78 is 0. The highest BCUT2D eigenvalue weighted by Gasteiger charge is 2.14. The topological polar surface area (TPSA) is 86.1 Å². The van der Waals surface area contributed by atoms with E-state index in [0.29, 0.717) is 12.8 Å². The van der Waals surface area contributed by atoms with Crippen molar-refractivity contribution in [3.8, 4) is 0 Å². The van der Waals surface area contributed by atoms with E-state index in [-0.39, 0.29) is 0 Å². The van der Waals surface area contributed by atoms with Gasteiger partial charge in [-0.05, 0) is 23.9 Å². The maximum absolute atomic E-state index is 10.6. The first-order valence-electron chi connectivity index (χ1n) is 4.55. The monoisotopic (exact) mass is 205 g/mol. The highest BCUT2D eigenvalue weighted by Crippen LogP contribution is 2.07. The van der Waals surface area contributed by atoms with Gasteiger partial charge in [-0.15, -0.1) is 0 Å². The van der Waals surface area contributed by atoms with Crippen LogP contribution in [0.25, 0.3) is 10.4 Å². The van der Waals surface area contributed by atoms with Crippen molar-refractivity contribution in [1.82, 2.24) is 0 Å². The molecule has 0 saturated heterocycles. The Morgan fingerprint density at radius 1 is 1.47 bits per heavy atom. The van der Waals surface area contributed by atoms with Gasteiger partial charge in [-0.2, -0.15) is 0 Å². The molecule has 0 saturated carbocycles. The van der Waals surface area contributed by atoms with E-state index < -0.39 is 12.0 Å². The first-order valence-corrected chi connectivity index (χ1v) is 4.55. The van der Waals surface area contributed by atoms with Crippen molar-refractivity contribution in [2.75, 3.05) is 0 Å². The number of hydrogen-bond acceptors (Lipinski definition) is 2. The summed E-state index contributed by atoms with van der Waals surface area (Å²) in [5.74, 6) is -1.08. The molecule has 5 heteroatoms. The first kappa shape index (κ1) is 11.1. The van der Waals surface area contributed by atoms with E-state index in [4.69, 9.17) is 10.6 Å². The van der Waals surface area contributed by atoms with Crippen LogP contribution in [-0.2, 0) is 11.2 Å². The quantitative estimate of drug-likeness (QED) is 0.454. The number of aliphatic carboxylic acids is 1. The van der Waals surface area contributed by atoms with E-state index in [0.717, 1.165) is 5.56 Å². The van der Waals surface area contributed by atoms with E-state index in [2.05, 4.69) is 10.0 Å². The van der Waals surface area contributed by atoms with Gasteiger partial charge in [0.1, 0.15) is 6.04 Å². The highest BCUT2D eigenvalue weighted by atomic mass is 16.4. The number of carboxylic acids is 1. The molecule has 1 N–H and O–H groups in total. The van der Waals surface area contributed by atoms with Crippen molar-refractivity contribution in [3.05, 3.63) is 46.3 Å². The molecular formula is C10H11N3O2. The molecule has 1 rings (SSSR count). The predicted molar refractivity (Wildman–Crippen MR) is 55.3 cm³/mol. The third-order valence-corrected chi connectivity index (χ3v) is 2.03. The molecule has 0 fully saturated rings. The maximum Gasteiger partial charge on any atom is 0.312 e. The minimum absolute atomic E-state index is 0.323. The standard InChI is InChI=1S/C10H11N3O2/c11-13-12-9(10(14)15)7-6-8-4-2-1-3-5-8/h1-5,9H,6-7H2,(H,14,15)/t9-/m0/s1. The second-order valence-electron chi connectivity index (χ2n) is 3.08. The lowest BCUT2D eigenvalue weighted by Gasteiger charge is -2.05. The third-order valence-electron chi connectivity index (χ3n) is 2.03. The van der Waals surface area contributed by atoms with Crippen LogP contribution < -0.4 is 0 Å². The molecule has 0 radical (unpaired) electrons. The van der Waals surface area contributed by atoms with Gasteiger partial charge in [0, 0.05) is 4.91 Å². The zero-order chi connectivity index (χ0) is 11.1. The molecule has 0 aromatic heterocycles. The Bertz CT molecular complexity index is 370. The Balaban J connectivity index is 2.54. The van der Waals surface area contributed by atoms with Crippen molar-refractivity contribution in [2.45, 2.75) is 18.9 Å². The minimum atomic E-state index is -1.08. The number of carbonyl (C=O) groups is 1. The summed E-state index contributed by atoms with van der Waals surface area (Å²) in [6, 6.07) is 8.52. The van der Waals surface area contributed by atoms with Gasteiger partial charge in [0.15, 0.2) is 0 Å². The predicted octanol–water partition coefficient (Wildman–Crippen LogP) is 2.38. The zero-order valence-corrected chi connectivity index (χ0v) is 8.08. The molecule has 0 heterocycles. The largest absolute Gasteiger partial charge is 0.481 e. The number of carboxylic acid groups (broad SMARTS) is 1. The van der Waals surface area contributed by atoms with Crippen molar-refractivity contribution >= 4 is 5.97 Å². The molecule has 1 aromatic carbocycles. The smallest absolute Gasteiger partial charge is 0.312 e. The average molecular weight is 205 g/mol. The van der Waals surface area contributed by atoms with Gasteiger partial charge < -0.3 is 5.11 Å². The van der Waals surface area contributed by atoms with Gasteiger partial charge in [0.05, 0.1) is 0 Å². The molecule has 1 atom stereocenters. The zero-order valence-electron chi connectivity index (χ0n) is 8.08. The van der Waals surface area contributed by atoms with E-state index in [1.807, 2.05) is 30.3 Å². The van der Waals surface area contributed by atoms with Gasteiger partial charge >= 0.3 is 5.97 Å². The van der Waals surface area contributed by atoms with Crippen LogP contribution in [0, 0.1) is 0 Å². The Kier molecular flexibility index (Phi) is 4.19. The molecule has 15 heavy (non-hydrogen) atoms. The van der Waals surface area contributed by atoms with Gasteiger partial charge in [0.25, 0.3) is 0 Å². The van der Waals surface area contributed by atoms with Crippen LogP contribution in [0.5, 0.6) is 0 Å². The van der Waals surface area contributed by atoms with Crippen LogP contribution in [0.3, 0.4) is 0 Å². The van der Waals surface area contributed by atoms with E-state index in [1.54, 1.807) is 0 Å². The number of nitrogens with zero attached hydrogens (tertiary/aromatic N) is 3. The summed E-state index contributed by atoms with van der Waals surface area (Å²) in [6.45, 7) is 0. The van der Waals surface area contributed by atoms with Gasteiger partial charge in [0.2, 0.25) is 0 Å². The van der Waals surface area contributed by atoms with Crippen LogP contribution >= 0.6 is 0 Å². The second kappa shape index (κ2) is 5.67. The van der Waals surface area contributed by atoms with Crippen molar-refractivity contribution in [1.29, 1.82) is 0 Å². The molecule has 0 bridgehead atoms. The SMILES string of the molecule is [N-]=[N+]=N[C@@H](CCc1ccccc1)C(=O)O. The fourth-order valence-electron chi connectivity index (χ4n) is 1.24. The maximum atomic E-state index is 10.6. The number of rotatable bonds is 5. The molecule has 5 nitrogen and oxygen atoms in total. The van der Waals surface area contributed by atoms with E-state index in [9.17, 15) is 4.79 Å². The van der Waals surface area contributed by atoms with Crippen LogP contribution in [0.4, 0.5) is 0 Å². The molecule has 1 aromatic rings. The number of benzene rings is 1. The second-order valence-corrected chi connectivity index (χ2v) is 3.08. The normalized spacial score (nSPS) is 11.5. The Morgan fingerprint density at radius 3 is 2.67 bits per heavy atom. The molecule has 0 aliphatic carbocycles. The Hall–Kier alpha value is -2.00. The van der Waals surface area contributed by atoms with Crippen molar-refractivity contribution in [3.63, 3.8) is 0 Å². The Labute approximate surface area is 87.0 Å². The molecule has 0 amide bonds. The lowest BCUT2D eigenvalue weighted by molar-refractivity contribution is -0.138. The average Bonchev–Trinajstić information content (AvgIpc) is 2.25. The van der Waals surface area contributed by atoms with Crippen LogP contribution in [-0.4, -0.2) is 17.1 Å². The highest BCUT2D eigenvalue weighted by molar-refractivity contribution is 5.73. The molecule has 0 spiro atoms. The van der Waals surface area contributed by atoms with Crippen molar-refractivity contribution in [2.24, 2.45) is 5.11 Å². The fourth-order valence-corrected chi connectivity index (χ4v) is 1.24. The lowest BCUT2D eigenvalue weighted by atomic mass is 10.1. The molecule has 0 aliphatic heterocycles. The lowest BCUT2D eigenvalue weighted by Crippen LogP contribution is -2.17. The summed E-state index contributed by atoms with van der Waals surface area (Å²) in [7, 11) is 0. The summed E-state index contributed by atoms with van der Waals surface area (Å²) in [5, 5.41) is 11.9. The van der Waals surface area contributed by atoms with Gasteiger partial charge in [-0.3, -0.25) is 4.79 Å². The van der Waals surface area contributed by atoms with E-state index >= 15 is 0 Å². The van der Waals surface area contributed by atoms with E-state index in [1.165, 1.54) is 0 Å². The first-order chi connectivity index (χ1) is 7.24.